The number of nitrogens with one attached hydrogen (secondary N) is 3. The molecule has 1 amide bonds. The Hall–Kier alpha value is -6.22. The van der Waals surface area contributed by atoms with E-state index in [1.54, 1.807) is 72.8 Å². The van der Waals surface area contributed by atoms with E-state index in [9.17, 15) is 29.7 Å². The normalized spacial score (nSPS) is 14.7. The maximum atomic E-state index is 13.9. The number of esters is 1. The highest BCUT2D eigenvalue weighted by Gasteiger charge is 2.42. The number of piperidine rings is 1. The summed E-state index contributed by atoms with van der Waals surface area (Å²) in [5.41, 5.74) is 1.19. The van der Waals surface area contributed by atoms with Crippen molar-refractivity contribution in [3.05, 3.63) is 170 Å². The van der Waals surface area contributed by atoms with E-state index in [0.717, 1.165) is 32.5 Å². The number of hydrogen-bond donors (Lipinski definition) is 6. The first-order valence-corrected chi connectivity index (χ1v) is 21.7. The minimum absolute atomic E-state index is 0.0953. The summed E-state index contributed by atoms with van der Waals surface area (Å²) in [6, 6.07) is 35.0. The van der Waals surface area contributed by atoms with E-state index in [2.05, 4.69) is 32.7 Å². The molecule has 0 radical (unpaired) electrons. The van der Waals surface area contributed by atoms with Gasteiger partial charge < -0.3 is 45.1 Å². The molecule has 2 atom stereocenters. The molecule has 1 saturated heterocycles. The maximum Gasteiger partial charge on any atom is 0.347 e. The molecule has 64 heavy (non-hydrogen) atoms. The number of rotatable bonds is 19. The summed E-state index contributed by atoms with van der Waals surface area (Å²) in [6.45, 7) is 3.79. The van der Waals surface area contributed by atoms with Crippen molar-refractivity contribution in [2.45, 2.75) is 44.1 Å². The summed E-state index contributed by atoms with van der Waals surface area (Å²) in [7, 11) is 1.49. The number of amides is 1. The Labute approximate surface area is 376 Å². The van der Waals surface area contributed by atoms with Gasteiger partial charge in [-0.2, -0.15) is 0 Å². The number of carbonyl (C=O) groups is 2. The second-order valence-electron chi connectivity index (χ2n) is 15.9. The van der Waals surface area contributed by atoms with Crippen molar-refractivity contribution in [3.63, 3.8) is 0 Å². The number of aliphatic hydroxyl groups is 2. The number of pyridine rings is 1. The molecule has 6 aromatic rings. The van der Waals surface area contributed by atoms with Crippen LogP contribution in [-0.2, 0) is 28.2 Å². The van der Waals surface area contributed by atoms with Crippen LogP contribution in [0.3, 0.4) is 0 Å². The number of H-pyrrole nitrogens is 1. The zero-order valence-corrected chi connectivity index (χ0v) is 36.4. The van der Waals surface area contributed by atoms with Crippen molar-refractivity contribution in [1.29, 1.82) is 0 Å². The van der Waals surface area contributed by atoms with Crippen LogP contribution >= 0.6 is 11.6 Å². The number of aliphatic hydroxyl groups excluding tert-OH is 1. The third-order valence-corrected chi connectivity index (χ3v) is 11.9. The number of aromatic hydroxyl groups is 1. The van der Waals surface area contributed by atoms with Crippen LogP contribution in [0.2, 0.25) is 5.02 Å². The molecule has 1 aromatic heterocycles. The molecular weight excluding hydrogens is 836 g/mol. The zero-order chi connectivity index (χ0) is 45.1. The Morgan fingerprint density at radius 2 is 1.66 bits per heavy atom. The average Bonchev–Trinajstić information content (AvgIpc) is 3.31. The molecule has 0 bridgehead atoms. The first-order valence-electron chi connectivity index (χ1n) is 21.4. The highest BCUT2D eigenvalue weighted by atomic mass is 35.5. The van der Waals surface area contributed by atoms with Gasteiger partial charge in [-0.1, -0.05) is 90.5 Å². The topological polar surface area (TPSA) is 183 Å². The highest BCUT2D eigenvalue weighted by Crippen LogP contribution is 2.34. The third kappa shape index (κ3) is 11.1. The number of nitrogens with zero attached hydrogens (tertiary/aromatic N) is 1. The molecule has 0 aliphatic carbocycles. The van der Waals surface area contributed by atoms with E-state index in [1.807, 2.05) is 24.3 Å². The van der Waals surface area contributed by atoms with Crippen LogP contribution in [0.1, 0.15) is 63.5 Å². The van der Waals surface area contributed by atoms with Gasteiger partial charge in [0.15, 0.2) is 0 Å². The predicted molar refractivity (Wildman–Crippen MR) is 245 cm³/mol. The monoisotopic (exact) mass is 888 g/mol. The number of likely N-dealkylation sites (tertiary alicyclic amines) is 1. The number of halogens is 1. The number of carbonyl (C=O) groups excluding carboxylic acids is 2. The maximum absolute atomic E-state index is 13.9. The Balaban J connectivity index is 0.895. The number of hydrogen-bond acceptors (Lipinski definition) is 11. The Kier molecular flexibility index (Phi) is 15.3. The molecule has 334 valence electrons. The first kappa shape index (κ1) is 45.8. The Morgan fingerprint density at radius 1 is 0.922 bits per heavy atom. The van der Waals surface area contributed by atoms with Gasteiger partial charge in [0, 0.05) is 48.8 Å². The molecule has 7 rings (SSSR count). The summed E-state index contributed by atoms with van der Waals surface area (Å²) in [6.07, 6.45) is 1.25. The van der Waals surface area contributed by atoms with E-state index >= 15 is 0 Å². The van der Waals surface area contributed by atoms with Gasteiger partial charge in [0.05, 0.1) is 42.5 Å². The minimum Gasteiger partial charge on any atom is -0.506 e. The van der Waals surface area contributed by atoms with Crippen LogP contribution in [0.15, 0.2) is 126 Å². The lowest BCUT2D eigenvalue weighted by Crippen LogP contribution is -2.40. The molecule has 1 fully saturated rings. The van der Waals surface area contributed by atoms with Crippen LogP contribution < -0.4 is 25.7 Å². The summed E-state index contributed by atoms with van der Waals surface area (Å²) in [4.78, 5) is 43.9. The van der Waals surface area contributed by atoms with E-state index in [1.165, 1.54) is 24.8 Å². The van der Waals surface area contributed by atoms with Crippen LogP contribution in [0, 0.1) is 5.92 Å². The van der Waals surface area contributed by atoms with Gasteiger partial charge in [0.25, 0.3) is 5.91 Å². The minimum atomic E-state index is -2.07. The molecule has 2 unspecified atom stereocenters. The van der Waals surface area contributed by atoms with Gasteiger partial charge in [-0.05, 0) is 91.4 Å². The van der Waals surface area contributed by atoms with Crippen LogP contribution in [0.5, 0.6) is 17.2 Å². The van der Waals surface area contributed by atoms with Crippen molar-refractivity contribution >= 4 is 34.4 Å². The van der Waals surface area contributed by atoms with Crippen molar-refractivity contribution in [1.82, 2.24) is 20.5 Å². The third-order valence-electron chi connectivity index (χ3n) is 11.6. The fourth-order valence-electron chi connectivity index (χ4n) is 8.00. The largest absolute Gasteiger partial charge is 0.506 e. The van der Waals surface area contributed by atoms with E-state index in [-0.39, 0.29) is 66.2 Å². The molecular formula is C50H53ClN4O9. The number of benzene rings is 5. The lowest BCUT2D eigenvalue weighted by Gasteiger charge is -2.33. The standard InChI is InChI=1S/C50H53ClN4O9/c1-62-45-28-41(42(51)26-35(45)29-52-30-44(57)39-16-18-43(56)47-40(39)17-19-46(58)54-47)48(59)53-22-9-25-63-38-15-8-14-37(27-38)50(61,36-12-6-3-7-13-36)49(60)64-32-34-20-23-55(24-21-34)31-33-10-4-2-5-11-33/h2-8,10-19,26-28,34,44,52,56-57,61H,9,20-25,29-32H2,1H3,(H,53,59)(H,54,58). The van der Waals surface area contributed by atoms with E-state index in [4.69, 9.17) is 25.8 Å². The molecule has 1 aliphatic heterocycles. The summed E-state index contributed by atoms with van der Waals surface area (Å²) in [5.74, 6) is -0.192. The second kappa shape index (κ2) is 21.4. The van der Waals surface area contributed by atoms with Gasteiger partial charge in [0.1, 0.15) is 17.2 Å². The summed E-state index contributed by atoms with van der Waals surface area (Å²) in [5, 5.41) is 40.1. The number of fused-ring (bicyclic) bond motifs is 1. The SMILES string of the molecule is COc1cc(C(=O)NCCCOc2cccc(C(O)(C(=O)OCC3CCN(Cc4ccccc4)CC3)c3ccccc3)c2)c(Cl)cc1CNCC(O)c1ccc(O)c2[nH]c(=O)ccc12. The number of aromatic nitrogens is 1. The van der Waals surface area contributed by atoms with Crippen LogP contribution in [-0.4, -0.2) is 83.6 Å². The predicted octanol–water partition coefficient (Wildman–Crippen LogP) is 6.61. The molecule has 13 nitrogen and oxygen atoms in total. The van der Waals surface area contributed by atoms with Gasteiger partial charge in [0.2, 0.25) is 11.2 Å². The van der Waals surface area contributed by atoms with Crippen molar-refractivity contribution in [2.75, 3.05) is 46.5 Å². The Morgan fingerprint density at radius 3 is 2.41 bits per heavy atom. The molecule has 1 aliphatic rings. The smallest absolute Gasteiger partial charge is 0.347 e. The highest BCUT2D eigenvalue weighted by molar-refractivity contribution is 6.34. The van der Waals surface area contributed by atoms with E-state index < -0.39 is 23.6 Å². The lowest BCUT2D eigenvalue weighted by molar-refractivity contribution is -0.164. The number of aromatic amines is 1. The summed E-state index contributed by atoms with van der Waals surface area (Å²) < 4.78 is 17.5. The fraction of sp³-hybridized carbons (Fsp3) is 0.300. The number of phenolic OH excluding ortho intramolecular Hbond substituents is 1. The molecule has 5 aromatic carbocycles. The van der Waals surface area contributed by atoms with Gasteiger partial charge in [-0.25, -0.2) is 4.79 Å². The average molecular weight is 889 g/mol. The lowest BCUT2D eigenvalue weighted by atomic mass is 9.86. The molecule has 0 saturated carbocycles. The van der Waals surface area contributed by atoms with Crippen molar-refractivity contribution in [3.8, 4) is 17.2 Å². The second-order valence-corrected chi connectivity index (χ2v) is 16.3. The van der Waals surface area contributed by atoms with Gasteiger partial charge in [-0.3, -0.25) is 14.5 Å². The Bertz CT molecular complexity index is 2580. The van der Waals surface area contributed by atoms with Crippen molar-refractivity contribution in [2.24, 2.45) is 5.92 Å². The molecule has 2 heterocycles. The molecule has 14 heteroatoms. The summed E-state index contributed by atoms with van der Waals surface area (Å²) >= 11 is 6.59. The van der Waals surface area contributed by atoms with Gasteiger partial charge >= 0.3 is 5.97 Å². The fourth-order valence-corrected chi connectivity index (χ4v) is 8.27. The number of phenols is 1. The zero-order valence-electron chi connectivity index (χ0n) is 35.6. The molecule has 6 N–H and O–H groups in total. The van der Waals surface area contributed by atoms with Crippen LogP contribution in [0.25, 0.3) is 10.9 Å². The van der Waals surface area contributed by atoms with Crippen molar-refractivity contribution < 1.29 is 39.1 Å². The van der Waals surface area contributed by atoms with Gasteiger partial charge in [-0.15, -0.1) is 0 Å². The number of ether oxygens (including phenoxy) is 3. The number of methoxy groups -OCH3 is 1. The van der Waals surface area contributed by atoms with Crippen LogP contribution in [0.4, 0.5) is 0 Å². The van der Waals surface area contributed by atoms with E-state index in [0.29, 0.717) is 45.6 Å². The molecule has 0 spiro atoms. The quantitative estimate of drug-likeness (QED) is 0.0381. The first-order chi connectivity index (χ1) is 31.0.